The van der Waals surface area contributed by atoms with Crippen molar-refractivity contribution < 1.29 is 43.2 Å². The Hall–Kier alpha value is -3.53. The van der Waals surface area contributed by atoms with Crippen LogP contribution in [-0.4, -0.2) is 66.2 Å². The Balaban J connectivity index is 1.88. The van der Waals surface area contributed by atoms with Gasteiger partial charge in [-0.25, -0.2) is 0 Å². The summed E-state index contributed by atoms with van der Waals surface area (Å²) in [7, 11) is 0. The molecule has 164 valence electrons. The summed E-state index contributed by atoms with van der Waals surface area (Å²) in [5.74, 6) is -2.58. The van der Waals surface area contributed by atoms with Crippen molar-refractivity contribution in [1.82, 2.24) is 0 Å². The standard InChI is InChI=1S/C21H21NO9/c1-10(23)28-9-16-19(29-11(2)24)20(30-12(3)25)21(31-16)22-8-15-17(26)13-6-4-5-7-14(13)18(15)27/h4-8,16,19-21,26H,9H2,1-3H3/b22-8+/t16-,19-,20-,21-/m1/s1. The topological polar surface area (TPSA) is 138 Å². The normalized spacial score (nSPS) is 24.9. The van der Waals surface area contributed by atoms with Crippen molar-refractivity contribution in [1.29, 1.82) is 0 Å². The number of carbonyl (C=O) groups is 4. The van der Waals surface area contributed by atoms with Crippen LogP contribution >= 0.6 is 0 Å². The summed E-state index contributed by atoms with van der Waals surface area (Å²) in [5, 5.41) is 10.4. The molecule has 1 aromatic rings. The fourth-order valence-electron chi connectivity index (χ4n) is 3.37. The second-order valence-corrected chi connectivity index (χ2v) is 6.93. The zero-order chi connectivity index (χ0) is 22.7. The Kier molecular flexibility index (Phi) is 6.50. The maximum Gasteiger partial charge on any atom is 0.303 e. The first-order chi connectivity index (χ1) is 14.7. The van der Waals surface area contributed by atoms with Gasteiger partial charge in [-0.3, -0.25) is 24.2 Å². The molecule has 4 atom stereocenters. The lowest BCUT2D eigenvalue weighted by Gasteiger charge is -2.22. The van der Waals surface area contributed by atoms with Crippen molar-refractivity contribution in [2.75, 3.05) is 6.61 Å². The number of hydrogen-bond donors (Lipinski definition) is 1. The lowest BCUT2D eigenvalue weighted by atomic mass is 10.1. The minimum Gasteiger partial charge on any atom is -0.506 e. The Morgan fingerprint density at radius 2 is 1.65 bits per heavy atom. The number of aliphatic imine (C=N–C) groups is 1. The lowest BCUT2D eigenvalue weighted by molar-refractivity contribution is -0.165. The first-order valence-corrected chi connectivity index (χ1v) is 9.42. The third kappa shape index (κ3) is 4.80. The van der Waals surface area contributed by atoms with Gasteiger partial charge in [0, 0.05) is 38.1 Å². The van der Waals surface area contributed by atoms with E-state index in [0.717, 1.165) is 13.1 Å². The van der Waals surface area contributed by atoms with E-state index in [9.17, 15) is 24.3 Å². The molecule has 0 saturated carbocycles. The predicted octanol–water partition coefficient (Wildman–Crippen LogP) is 1.37. The van der Waals surface area contributed by atoms with E-state index in [4.69, 9.17) is 18.9 Å². The van der Waals surface area contributed by atoms with Crippen LogP contribution in [0.4, 0.5) is 0 Å². The molecule has 0 aromatic heterocycles. The summed E-state index contributed by atoms with van der Waals surface area (Å²) in [6.07, 6.45) is -3.26. The molecule has 1 aliphatic carbocycles. The number of benzene rings is 1. The zero-order valence-electron chi connectivity index (χ0n) is 17.1. The number of nitrogens with zero attached hydrogens (tertiary/aromatic N) is 1. The first kappa shape index (κ1) is 22.2. The number of Topliss-reactive ketones (excluding diaryl/α,β-unsaturated/α-hetero) is 1. The number of ketones is 1. The Morgan fingerprint density at radius 1 is 1.03 bits per heavy atom. The Labute approximate surface area is 177 Å². The van der Waals surface area contributed by atoms with E-state index >= 15 is 0 Å². The Bertz CT molecular complexity index is 981. The highest BCUT2D eigenvalue weighted by molar-refractivity contribution is 6.30. The SMILES string of the molecule is CC(=O)OC[C@H]1O[C@@H](/N=C/C2=C(O)c3ccccc3C2=O)[C@H](OC(C)=O)[C@@H]1OC(C)=O. The van der Waals surface area contributed by atoms with Crippen LogP contribution in [0.5, 0.6) is 0 Å². The van der Waals surface area contributed by atoms with Crippen LogP contribution in [-0.2, 0) is 33.3 Å². The molecule has 10 nitrogen and oxygen atoms in total. The average Bonchev–Trinajstić information content (AvgIpc) is 3.13. The highest BCUT2D eigenvalue weighted by atomic mass is 16.7. The summed E-state index contributed by atoms with van der Waals surface area (Å²) in [4.78, 5) is 51.1. The van der Waals surface area contributed by atoms with Crippen LogP contribution in [0.15, 0.2) is 34.8 Å². The van der Waals surface area contributed by atoms with E-state index in [2.05, 4.69) is 4.99 Å². The van der Waals surface area contributed by atoms with Gasteiger partial charge in [-0.2, -0.15) is 0 Å². The highest BCUT2D eigenvalue weighted by Gasteiger charge is 2.49. The predicted molar refractivity (Wildman–Crippen MR) is 105 cm³/mol. The summed E-state index contributed by atoms with van der Waals surface area (Å²) >= 11 is 0. The van der Waals surface area contributed by atoms with Gasteiger partial charge in [-0.05, 0) is 0 Å². The number of aliphatic hydroxyl groups is 1. The largest absolute Gasteiger partial charge is 0.506 e. The first-order valence-electron chi connectivity index (χ1n) is 9.42. The molecule has 0 amide bonds. The molecule has 0 bridgehead atoms. The van der Waals surface area contributed by atoms with Gasteiger partial charge < -0.3 is 24.1 Å². The average molecular weight is 431 g/mol. The molecule has 0 spiro atoms. The zero-order valence-corrected chi connectivity index (χ0v) is 17.1. The van der Waals surface area contributed by atoms with Crippen molar-refractivity contribution in [2.45, 2.75) is 45.3 Å². The molecular weight excluding hydrogens is 410 g/mol. The second-order valence-electron chi connectivity index (χ2n) is 6.93. The summed E-state index contributed by atoms with van der Waals surface area (Å²) in [6, 6.07) is 6.53. The van der Waals surface area contributed by atoms with Crippen molar-refractivity contribution in [2.24, 2.45) is 4.99 Å². The minimum absolute atomic E-state index is 0.0566. The smallest absolute Gasteiger partial charge is 0.303 e. The van der Waals surface area contributed by atoms with Gasteiger partial charge >= 0.3 is 17.9 Å². The maximum atomic E-state index is 12.6. The van der Waals surface area contributed by atoms with Crippen molar-refractivity contribution >= 4 is 35.7 Å². The van der Waals surface area contributed by atoms with Gasteiger partial charge in [0.25, 0.3) is 0 Å². The van der Waals surface area contributed by atoms with E-state index in [-0.39, 0.29) is 17.9 Å². The third-order valence-electron chi connectivity index (χ3n) is 4.62. The van der Waals surface area contributed by atoms with Crippen LogP contribution in [0, 0.1) is 0 Å². The number of carbonyl (C=O) groups excluding carboxylic acids is 4. The minimum atomic E-state index is -1.18. The van der Waals surface area contributed by atoms with Crippen molar-refractivity contribution in [3.05, 3.63) is 41.0 Å². The monoisotopic (exact) mass is 431 g/mol. The molecule has 31 heavy (non-hydrogen) atoms. The number of hydrogen-bond acceptors (Lipinski definition) is 10. The van der Waals surface area contributed by atoms with E-state index in [0.29, 0.717) is 11.1 Å². The number of rotatable bonds is 6. The van der Waals surface area contributed by atoms with Crippen LogP contribution in [0.2, 0.25) is 0 Å². The van der Waals surface area contributed by atoms with Gasteiger partial charge in [0.15, 0.2) is 24.2 Å². The van der Waals surface area contributed by atoms with Crippen LogP contribution in [0.3, 0.4) is 0 Å². The quantitative estimate of drug-likeness (QED) is 0.402. The highest BCUT2D eigenvalue weighted by Crippen LogP contribution is 2.32. The summed E-state index contributed by atoms with van der Waals surface area (Å²) < 4.78 is 21.1. The van der Waals surface area contributed by atoms with Crippen LogP contribution in [0.25, 0.3) is 5.76 Å². The molecule has 3 rings (SSSR count). The van der Waals surface area contributed by atoms with Gasteiger partial charge in [-0.15, -0.1) is 0 Å². The molecule has 10 heteroatoms. The molecule has 1 aliphatic heterocycles. The van der Waals surface area contributed by atoms with E-state index in [1.165, 1.54) is 13.8 Å². The van der Waals surface area contributed by atoms with E-state index in [1.807, 2.05) is 0 Å². The lowest BCUT2D eigenvalue weighted by Crippen LogP contribution is -2.41. The number of fused-ring (bicyclic) bond motifs is 1. The molecule has 1 heterocycles. The fraction of sp³-hybridized carbons (Fsp3) is 0.381. The second kappa shape index (κ2) is 9.09. The van der Waals surface area contributed by atoms with Gasteiger partial charge in [0.1, 0.15) is 18.5 Å². The van der Waals surface area contributed by atoms with Crippen molar-refractivity contribution in [3.63, 3.8) is 0 Å². The molecule has 1 saturated heterocycles. The summed E-state index contributed by atoms with van der Waals surface area (Å²) in [6.45, 7) is 3.26. The number of allylic oxidation sites excluding steroid dienone is 1. The molecule has 1 aromatic carbocycles. The van der Waals surface area contributed by atoms with Crippen LogP contribution in [0.1, 0.15) is 36.7 Å². The number of ether oxygens (including phenoxy) is 4. The molecule has 1 fully saturated rings. The summed E-state index contributed by atoms with van der Waals surface area (Å²) in [5.41, 5.74) is 0.651. The Morgan fingerprint density at radius 3 is 2.23 bits per heavy atom. The molecule has 0 radical (unpaired) electrons. The molecule has 1 N–H and O–H groups in total. The number of esters is 3. The van der Waals surface area contributed by atoms with E-state index < -0.39 is 48.2 Å². The molecule has 0 unspecified atom stereocenters. The van der Waals surface area contributed by atoms with Gasteiger partial charge in [0.2, 0.25) is 0 Å². The third-order valence-corrected chi connectivity index (χ3v) is 4.62. The van der Waals surface area contributed by atoms with Gasteiger partial charge in [-0.1, -0.05) is 24.3 Å². The van der Waals surface area contributed by atoms with E-state index in [1.54, 1.807) is 24.3 Å². The van der Waals surface area contributed by atoms with Crippen molar-refractivity contribution in [3.8, 4) is 0 Å². The van der Waals surface area contributed by atoms with Crippen LogP contribution < -0.4 is 0 Å². The fourth-order valence-corrected chi connectivity index (χ4v) is 3.37. The number of aliphatic hydroxyl groups excluding tert-OH is 1. The van der Waals surface area contributed by atoms with Gasteiger partial charge in [0.05, 0.1) is 5.57 Å². The molecular formula is C21H21NO9. The maximum absolute atomic E-state index is 12.6. The molecule has 2 aliphatic rings.